The lowest BCUT2D eigenvalue weighted by Crippen LogP contribution is -2.23. The summed E-state index contributed by atoms with van der Waals surface area (Å²) < 4.78 is 27.3. The van der Waals surface area contributed by atoms with Crippen molar-refractivity contribution in [1.82, 2.24) is 0 Å². The minimum atomic E-state index is -2.81. The van der Waals surface area contributed by atoms with Crippen LogP contribution in [-0.4, -0.2) is 31.1 Å². The summed E-state index contributed by atoms with van der Waals surface area (Å²) in [5.41, 5.74) is 0. The molecule has 0 rings (SSSR count). The number of rotatable bonds is 4. The molecule has 0 atom stereocenters. The Bertz CT molecular complexity index is 231. The highest BCUT2D eigenvalue weighted by atomic mass is 32.2. The van der Waals surface area contributed by atoms with Gasteiger partial charge in [0.15, 0.2) is 9.84 Å². The van der Waals surface area contributed by atoms with E-state index in [-0.39, 0.29) is 10.5 Å². The van der Waals surface area contributed by atoms with Gasteiger partial charge in [0.1, 0.15) is 0 Å². The Labute approximate surface area is 101 Å². The molecule has 0 saturated carbocycles. The van der Waals surface area contributed by atoms with Gasteiger partial charge < -0.3 is 4.74 Å². The molecule has 0 amide bonds. The van der Waals surface area contributed by atoms with Gasteiger partial charge in [-0.1, -0.05) is 0 Å². The van der Waals surface area contributed by atoms with Gasteiger partial charge >= 0.3 is 0 Å². The summed E-state index contributed by atoms with van der Waals surface area (Å²) in [6, 6.07) is 0. The van der Waals surface area contributed by atoms with Crippen LogP contribution in [0.5, 0.6) is 0 Å². The van der Waals surface area contributed by atoms with Gasteiger partial charge in [-0.05, 0) is 55.4 Å². The summed E-state index contributed by atoms with van der Waals surface area (Å²) in [7, 11) is -2.81. The van der Waals surface area contributed by atoms with Crippen molar-refractivity contribution >= 4 is 9.84 Å². The topological polar surface area (TPSA) is 43.4 Å². The summed E-state index contributed by atoms with van der Waals surface area (Å²) in [5, 5.41) is -0.477. The van der Waals surface area contributed by atoms with Crippen LogP contribution in [0.25, 0.3) is 0 Å². The molecule has 0 aromatic heterocycles. The first kappa shape index (κ1) is 18.3. The van der Waals surface area contributed by atoms with E-state index in [2.05, 4.69) is 0 Å². The Hall–Kier alpha value is -0.0900. The minimum absolute atomic E-state index is 0.238. The summed E-state index contributed by atoms with van der Waals surface area (Å²) in [6.45, 7) is 15.0. The molecule has 0 unspecified atom stereocenters. The third-order valence-corrected chi connectivity index (χ3v) is 4.49. The Kier molecular flexibility index (Phi) is 9.22. The van der Waals surface area contributed by atoms with E-state index in [0.717, 1.165) is 0 Å². The first-order valence-electron chi connectivity index (χ1n) is 5.89. The van der Waals surface area contributed by atoms with Crippen LogP contribution in [0.4, 0.5) is 0 Å². The van der Waals surface area contributed by atoms with E-state index in [1.807, 2.05) is 27.7 Å². The number of hydrogen-bond donors (Lipinski definition) is 0. The molecule has 100 valence electrons. The van der Waals surface area contributed by atoms with Gasteiger partial charge in [0.2, 0.25) is 0 Å². The highest BCUT2D eigenvalue weighted by Crippen LogP contribution is 2.06. The van der Waals surface area contributed by atoms with Gasteiger partial charge in [-0.25, -0.2) is 8.42 Å². The van der Waals surface area contributed by atoms with Crippen molar-refractivity contribution in [3.05, 3.63) is 0 Å². The fraction of sp³-hybridized carbons (Fsp3) is 1.00. The van der Waals surface area contributed by atoms with Gasteiger partial charge in [-0.3, -0.25) is 0 Å². The van der Waals surface area contributed by atoms with E-state index in [1.165, 1.54) is 0 Å². The molecule has 0 aliphatic carbocycles. The van der Waals surface area contributed by atoms with E-state index >= 15 is 0 Å². The van der Waals surface area contributed by atoms with Crippen LogP contribution in [0.1, 0.15) is 55.4 Å². The first-order chi connectivity index (χ1) is 7.01. The van der Waals surface area contributed by atoms with E-state index in [4.69, 9.17) is 4.74 Å². The minimum Gasteiger partial charge on any atom is -0.376 e. The molecule has 3 nitrogen and oxygen atoms in total. The molecule has 0 bridgehead atoms. The molecular formula is C12H28O3S. The maximum Gasteiger partial charge on any atom is 0.154 e. The molecule has 0 fully saturated rings. The zero-order chi connectivity index (χ0) is 13.5. The number of hydrogen-bond acceptors (Lipinski definition) is 3. The van der Waals surface area contributed by atoms with Crippen molar-refractivity contribution in [2.24, 2.45) is 0 Å². The predicted molar refractivity (Wildman–Crippen MR) is 70.5 cm³/mol. The van der Waals surface area contributed by atoms with Gasteiger partial charge in [-0.15, -0.1) is 0 Å². The average Bonchev–Trinajstić information content (AvgIpc) is 2.01. The van der Waals surface area contributed by atoms with E-state index in [0.29, 0.717) is 12.2 Å². The van der Waals surface area contributed by atoms with E-state index in [1.54, 1.807) is 27.7 Å². The molecule has 0 aliphatic heterocycles. The van der Waals surface area contributed by atoms with Crippen LogP contribution in [0, 0.1) is 0 Å². The second-order valence-corrected chi connectivity index (χ2v) is 7.98. The molecule has 0 aromatic rings. The average molecular weight is 252 g/mol. The standard InChI is InChI=1S/C6H14O2S.C6H14O/c1-5(2)9(7,8)6(3)4;1-5(2)7-6(3)4/h5-6H,1-4H3;5-6H,1-4H3. The smallest absolute Gasteiger partial charge is 0.154 e. The van der Waals surface area contributed by atoms with E-state index < -0.39 is 9.84 Å². The Morgan fingerprint density at radius 1 is 0.688 bits per heavy atom. The van der Waals surface area contributed by atoms with Crippen LogP contribution < -0.4 is 0 Å². The molecule has 4 heteroatoms. The van der Waals surface area contributed by atoms with Crippen molar-refractivity contribution in [3.63, 3.8) is 0 Å². The molecule has 0 N–H and O–H groups in total. The van der Waals surface area contributed by atoms with Crippen molar-refractivity contribution in [1.29, 1.82) is 0 Å². The van der Waals surface area contributed by atoms with Gasteiger partial charge in [0, 0.05) is 0 Å². The van der Waals surface area contributed by atoms with Crippen LogP contribution in [0.15, 0.2) is 0 Å². The normalized spacial score (nSPS) is 12.2. The van der Waals surface area contributed by atoms with Crippen molar-refractivity contribution in [3.8, 4) is 0 Å². The summed E-state index contributed by atoms with van der Waals surface area (Å²) >= 11 is 0. The lowest BCUT2D eigenvalue weighted by atomic mass is 10.4. The van der Waals surface area contributed by atoms with Crippen LogP contribution in [0.2, 0.25) is 0 Å². The van der Waals surface area contributed by atoms with E-state index in [9.17, 15) is 8.42 Å². The quantitative estimate of drug-likeness (QED) is 0.772. The van der Waals surface area contributed by atoms with Gasteiger partial charge in [0.25, 0.3) is 0 Å². The third kappa shape index (κ3) is 9.16. The number of sulfone groups is 1. The molecule has 0 radical (unpaired) electrons. The van der Waals surface area contributed by atoms with Crippen LogP contribution >= 0.6 is 0 Å². The maximum atomic E-state index is 11.0. The van der Waals surface area contributed by atoms with Crippen LogP contribution in [-0.2, 0) is 14.6 Å². The lowest BCUT2D eigenvalue weighted by Gasteiger charge is -2.09. The third-order valence-electron chi connectivity index (χ3n) is 1.86. The Morgan fingerprint density at radius 2 is 0.938 bits per heavy atom. The second-order valence-electron chi connectivity index (χ2n) is 4.92. The monoisotopic (exact) mass is 252 g/mol. The summed E-state index contributed by atoms with van der Waals surface area (Å²) in [5.74, 6) is 0. The van der Waals surface area contributed by atoms with Crippen molar-refractivity contribution < 1.29 is 13.2 Å². The molecule has 0 spiro atoms. The summed E-state index contributed by atoms with van der Waals surface area (Å²) in [4.78, 5) is 0. The molecule has 0 heterocycles. The molecule has 0 aliphatic rings. The van der Waals surface area contributed by atoms with Gasteiger partial charge in [-0.2, -0.15) is 0 Å². The zero-order valence-corrected chi connectivity index (χ0v) is 12.8. The maximum absolute atomic E-state index is 11.0. The molecule has 0 aromatic carbocycles. The largest absolute Gasteiger partial charge is 0.376 e. The fourth-order valence-corrected chi connectivity index (χ4v) is 2.18. The highest BCUT2D eigenvalue weighted by molar-refractivity contribution is 7.92. The van der Waals surface area contributed by atoms with Crippen molar-refractivity contribution in [2.75, 3.05) is 0 Å². The van der Waals surface area contributed by atoms with Crippen LogP contribution in [0.3, 0.4) is 0 Å². The second kappa shape index (κ2) is 8.07. The molecular weight excluding hydrogens is 224 g/mol. The lowest BCUT2D eigenvalue weighted by molar-refractivity contribution is 0.0300. The van der Waals surface area contributed by atoms with Gasteiger partial charge in [0.05, 0.1) is 22.7 Å². The zero-order valence-electron chi connectivity index (χ0n) is 11.9. The fourth-order valence-electron chi connectivity index (χ4n) is 1.09. The predicted octanol–water partition coefficient (Wildman–Crippen LogP) is 3.04. The SMILES string of the molecule is CC(C)OC(C)C.CC(C)S(=O)(=O)C(C)C. The molecule has 16 heavy (non-hydrogen) atoms. The Morgan fingerprint density at radius 3 is 0.938 bits per heavy atom. The summed E-state index contributed by atoms with van der Waals surface area (Å²) in [6.07, 6.45) is 0.750. The van der Waals surface area contributed by atoms with Crippen molar-refractivity contribution in [2.45, 2.75) is 78.1 Å². The highest BCUT2D eigenvalue weighted by Gasteiger charge is 2.19. The first-order valence-corrected chi connectivity index (χ1v) is 7.50. The Balaban J connectivity index is 0. The number of ether oxygens (including phenoxy) is 1. The molecule has 0 saturated heterocycles.